The number of halogens is 1. The Kier molecular flexibility index (Phi) is 3.75. The van der Waals surface area contributed by atoms with Crippen LogP contribution >= 0.6 is 15.9 Å². The van der Waals surface area contributed by atoms with Crippen molar-refractivity contribution in [1.29, 1.82) is 0 Å². The van der Waals surface area contributed by atoms with Crippen LogP contribution in [0.1, 0.15) is 11.3 Å². The molecule has 0 saturated heterocycles. The number of nitrogens with one attached hydrogen (secondary N) is 2. The summed E-state index contributed by atoms with van der Waals surface area (Å²) in [6, 6.07) is 8.06. The fourth-order valence-electron chi connectivity index (χ4n) is 2.27. The van der Waals surface area contributed by atoms with Gasteiger partial charge in [-0.05, 0) is 41.0 Å². The number of hydrogen-bond donors (Lipinski definition) is 2. The van der Waals surface area contributed by atoms with Gasteiger partial charge in [0.15, 0.2) is 0 Å². The Bertz CT molecular complexity index is 585. The summed E-state index contributed by atoms with van der Waals surface area (Å²) in [6.45, 7) is 1.96. The number of aromatic nitrogens is 2. The van der Waals surface area contributed by atoms with Crippen molar-refractivity contribution in [3.8, 4) is 0 Å². The summed E-state index contributed by atoms with van der Waals surface area (Å²) in [6.07, 6.45) is 3.56. The van der Waals surface area contributed by atoms with E-state index >= 15 is 0 Å². The fourth-order valence-corrected chi connectivity index (χ4v) is 2.65. The average Bonchev–Trinajstić information content (AvgIpc) is 2.67. The van der Waals surface area contributed by atoms with Gasteiger partial charge in [-0.1, -0.05) is 12.1 Å². The lowest BCUT2D eigenvalue weighted by molar-refractivity contribution is 0.708. The minimum Gasteiger partial charge on any atom is -0.339 e. The lowest BCUT2D eigenvalue weighted by Crippen LogP contribution is -2.16. The highest BCUT2D eigenvalue weighted by Gasteiger charge is 2.14. The SMILES string of the molecule is Brc1ccccc1Nc1ncnc2c1CCNCC2. The number of hydrogen-bond acceptors (Lipinski definition) is 4. The molecular formula is C14H15BrN4. The minimum atomic E-state index is 0.917. The summed E-state index contributed by atoms with van der Waals surface area (Å²) in [5.74, 6) is 0.917. The van der Waals surface area contributed by atoms with Crippen LogP contribution in [0.2, 0.25) is 0 Å². The molecule has 5 heteroatoms. The Morgan fingerprint density at radius 1 is 1.11 bits per heavy atom. The summed E-state index contributed by atoms with van der Waals surface area (Å²) in [7, 11) is 0. The fraction of sp³-hybridized carbons (Fsp3) is 0.286. The molecule has 2 aromatic rings. The highest BCUT2D eigenvalue weighted by molar-refractivity contribution is 9.10. The smallest absolute Gasteiger partial charge is 0.137 e. The van der Waals surface area contributed by atoms with E-state index in [0.29, 0.717) is 0 Å². The topological polar surface area (TPSA) is 49.8 Å². The third-order valence-electron chi connectivity index (χ3n) is 3.25. The van der Waals surface area contributed by atoms with E-state index in [-0.39, 0.29) is 0 Å². The maximum Gasteiger partial charge on any atom is 0.137 e. The molecular weight excluding hydrogens is 304 g/mol. The molecule has 1 aromatic carbocycles. The largest absolute Gasteiger partial charge is 0.339 e. The van der Waals surface area contributed by atoms with E-state index in [1.54, 1.807) is 6.33 Å². The Morgan fingerprint density at radius 2 is 1.95 bits per heavy atom. The monoisotopic (exact) mass is 318 g/mol. The number of fused-ring (bicyclic) bond motifs is 1. The zero-order valence-electron chi connectivity index (χ0n) is 10.5. The molecule has 0 spiro atoms. The van der Waals surface area contributed by atoms with E-state index in [9.17, 15) is 0 Å². The van der Waals surface area contributed by atoms with Gasteiger partial charge in [-0.2, -0.15) is 0 Å². The second-order valence-corrected chi connectivity index (χ2v) is 5.36. The molecule has 0 bridgehead atoms. The molecule has 4 nitrogen and oxygen atoms in total. The summed E-state index contributed by atoms with van der Waals surface area (Å²) >= 11 is 3.55. The number of benzene rings is 1. The number of para-hydroxylation sites is 1. The molecule has 0 radical (unpaired) electrons. The molecule has 0 saturated carbocycles. The quantitative estimate of drug-likeness (QED) is 0.893. The van der Waals surface area contributed by atoms with Crippen LogP contribution < -0.4 is 10.6 Å². The van der Waals surface area contributed by atoms with Gasteiger partial charge in [0.25, 0.3) is 0 Å². The van der Waals surface area contributed by atoms with E-state index in [4.69, 9.17) is 0 Å². The second kappa shape index (κ2) is 5.67. The van der Waals surface area contributed by atoms with Gasteiger partial charge in [-0.15, -0.1) is 0 Å². The Labute approximate surface area is 120 Å². The van der Waals surface area contributed by atoms with Crippen LogP contribution in [0.3, 0.4) is 0 Å². The first-order chi connectivity index (χ1) is 9.34. The van der Waals surface area contributed by atoms with E-state index in [0.717, 1.165) is 47.6 Å². The Balaban J connectivity index is 1.95. The number of rotatable bonds is 2. The van der Waals surface area contributed by atoms with Crippen molar-refractivity contribution in [2.24, 2.45) is 0 Å². The predicted molar refractivity (Wildman–Crippen MR) is 79.7 cm³/mol. The first kappa shape index (κ1) is 12.6. The molecule has 2 heterocycles. The number of nitrogens with zero attached hydrogens (tertiary/aromatic N) is 2. The van der Waals surface area contributed by atoms with Gasteiger partial charge in [0.2, 0.25) is 0 Å². The van der Waals surface area contributed by atoms with Crippen molar-refractivity contribution in [3.05, 3.63) is 46.3 Å². The third-order valence-corrected chi connectivity index (χ3v) is 3.94. The van der Waals surface area contributed by atoms with Crippen LogP contribution in [0.4, 0.5) is 11.5 Å². The van der Waals surface area contributed by atoms with Crippen molar-refractivity contribution in [3.63, 3.8) is 0 Å². The molecule has 19 heavy (non-hydrogen) atoms. The van der Waals surface area contributed by atoms with Crippen LogP contribution in [0.5, 0.6) is 0 Å². The van der Waals surface area contributed by atoms with Gasteiger partial charge >= 0.3 is 0 Å². The van der Waals surface area contributed by atoms with Crippen LogP contribution in [0, 0.1) is 0 Å². The highest BCUT2D eigenvalue weighted by atomic mass is 79.9. The molecule has 0 unspecified atom stereocenters. The maximum absolute atomic E-state index is 4.40. The van der Waals surface area contributed by atoms with Crippen molar-refractivity contribution in [1.82, 2.24) is 15.3 Å². The maximum atomic E-state index is 4.40. The summed E-state index contributed by atoms with van der Waals surface area (Å²) in [4.78, 5) is 8.80. The molecule has 2 N–H and O–H groups in total. The van der Waals surface area contributed by atoms with E-state index in [1.165, 1.54) is 5.56 Å². The third kappa shape index (κ3) is 2.77. The molecule has 0 atom stereocenters. The van der Waals surface area contributed by atoms with Gasteiger partial charge in [0, 0.05) is 23.0 Å². The first-order valence-electron chi connectivity index (χ1n) is 6.39. The summed E-state index contributed by atoms with van der Waals surface area (Å²) in [5.41, 5.74) is 3.40. The summed E-state index contributed by atoms with van der Waals surface area (Å²) < 4.78 is 1.04. The van der Waals surface area contributed by atoms with Crippen LogP contribution in [-0.2, 0) is 12.8 Å². The van der Waals surface area contributed by atoms with Gasteiger partial charge < -0.3 is 10.6 Å². The van der Waals surface area contributed by atoms with Crippen LogP contribution in [0.15, 0.2) is 35.1 Å². The lowest BCUT2D eigenvalue weighted by Gasteiger charge is -2.13. The Hall–Kier alpha value is -1.46. The van der Waals surface area contributed by atoms with Gasteiger partial charge in [-0.25, -0.2) is 9.97 Å². The van der Waals surface area contributed by atoms with E-state index < -0.39 is 0 Å². The minimum absolute atomic E-state index is 0.917. The van der Waals surface area contributed by atoms with E-state index in [1.807, 2.05) is 24.3 Å². The van der Waals surface area contributed by atoms with Gasteiger partial charge in [-0.3, -0.25) is 0 Å². The standard InChI is InChI=1S/C14H15BrN4/c15-11-3-1-2-4-13(11)19-14-10-5-7-16-8-6-12(10)17-9-18-14/h1-4,9,16H,5-8H2,(H,17,18,19). The first-order valence-corrected chi connectivity index (χ1v) is 7.19. The molecule has 1 aliphatic rings. The molecule has 1 aromatic heterocycles. The lowest BCUT2D eigenvalue weighted by atomic mass is 10.1. The van der Waals surface area contributed by atoms with Crippen LogP contribution in [-0.4, -0.2) is 23.1 Å². The normalized spacial score (nSPS) is 14.6. The second-order valence-electron chi connectivity index (χ2n) is 4.50. The van der Waals surface area contributed by atoms with Crippen molar-refractivity contribution < 1.29 is 0 Å². The molecule has 98 valence electrons. The zero-order chi connectivity index (χ0) is 13.1. The van der Waals surface area contributed by atoms with E-state index in [2.05, 4.69) is 36.5 Å². The van der Waals surface area contributed by atoms with Gasteiger partial charge in [0.05, 0.1) is 11.4 Å². The Morgan fingerprint density at radius 3 is 2.84 bits per heavy atom. The van der Waals surface area contributed by atoms with Gasteiger partial charge in [0.1, 0.15) is 12.1 Å². The van der Waals surface area contributed by atoms with Crippen molar-refractivity contribution in [2.75, 3.05) is 18.4 Å². The predicted octanol–water partition coefficient (Wildman–Crippen LogP) is 2.67. The van der Waals surface area contributed by atoms with Crippen molar-refractivity contribution in [2.45, 2.75) is 12.8 Å². The van der Waals surface area contributed by atoms with Crippen molar-refractivity contribution >= 4 is 27.4 Å². The molecule has 1 aliphatic heterocycles. The zero-order valence-corrected chi connectivity index (χ0v) is 12.1. The molecule has 0 amide bonds. The highest BCUT2D eigenvalue weighted by Crippen LogP contribution is 2.27. The molecule has 0 fully saturated rings. The van der Waals surface area contributed by atoms with Crippen LogP contribution in [0.25, 0.3) is 0 Å². The molecule has 0 aliphatic carbocycles. The summed E-state index contributed by atoms with van der Waals surface area (Å²) in [5, 5.41) is 6.79. The average molecular weight is 319 g/mol. The number of anilines is 2. The molecule has 3 rings (SSSR count).